The molecule has 140 valence electrons. The van der Waals surface area contributed by atoms with Gasteiger partial charge in [-0.05, 0) is 48.1 Å². The summed E-state index contributed by atoms with van der Waals surface area (Å²) >= 11 is 1.92. The first-order valence-corrected chi connectivity index (χ1v) is 10.4. The minimum Gasteiger partial charge on any atom is -0.355 e. The molecule has 0 bridgehead atoms. The second-order valence-electron chi connectivity index (χ2n) is 7.58. The molecule has 0 amide bonds. The topological polar surface area (TPSA) is 30.9 Å². The van der Waals surface area contributed by atoms with Crippen LogP contribution in [0.4, 0.5) is 0 Å². The predicted molar refractivity (Wildman–Crippen MR) is 117 cm³/mol. The van der Waals surface area contributed by atoms with Crippen molar-refractivity contribution in [2.75, 3.05) is 39.8 Å². The van der Waals surface area contributed by atoms with Crippen molar-refractivity contribution in [1.29, 1.82) is 0 Å². The van der Waals surface area contributed by atoms with Gasteiger partial charge in [-0.3, -0.25) is 9.89 Å². The van der Waals surface area contributed by atoms with Gasteiger partial charge in [0.1, 0.15) is 0 Å². The summed E-state index contributed by atoms with van der Waals surface area (Å²) in [6, 6.07) is 2.30. The smallest absolute Gasteiger partial charge is 0.193 e. The molecular formula is C19H31IN4S. The molecule has 0 radical (unpaired) electrons. The summed E-state index contributed by atoms with van der Waals surface area (Å²) in [4.78, 5) is 11.2. The highest BCUT2D eigenvalue weighted by Gasteiger charge is 2.35. The van der Waals surface area contributed by atoms with Crippen molar-refractivity contribution in [3.63, 3.8) is 0 Å². The van der Waals surface area contributed by atoms with Crippen molar-refractivity contribution in [1.82, 2.24) is 15.1 Å². The molecule has 2 unspecified atom stereocenters. The normalized spacial score (nSPS) is 26.8. The molecule has 1 aromatic rings. The van der Waals surface area contributed by atoms with Gasteiger partial charge in [-0.25, -0.2) is 0 Å². The Morgan fingerprint density at radius 2 is 2.04 bits per heavy atom. The highest BCUT2D eigenvalue weighted by Crippen LogP contribution is 2.35. The van der Waals surface area contributed by atoms with Crippen molar-refractivity contribution in [2.24, 2.45) is 16.8 Å². The third-order valence-electron chi connectivity index (χ3n) is 6.09. The molecule has 2 atom stereocenters. The Bertz CT molecular complexity index is 574. The van der Waals surface area contributed by atoms with Gasteiger partial charge in [0.05, 0.1) is 0 Å². The molecule has 0 spiro atoms. The summed E-state index contributed by atoms with van der Waals surface area (Å²) in [5, 5.41) is 5.86. The van der Waals surface area contributed by atoms with E-state index in [1.807, 2.05) is 18.4 Å². The van der Waals surface area contributed by atoms with Gasteiger partial charge in [0.15, 0.2) is 5.96 Å². The Kier molecular flexibility index (Phi) is 7.02. The fourth-order valence-corrected chi connectivity index (χ4v) is 5.62. The van der Waals surface area contributed by atoms with E-state index in [1.54, 1.807) is 10.4 Å². The van der Waals surface area contributed by atoms with Crippen molar-refractivity contribution < 1.29 is 0 Å². The van der Waals surface area contributed by atoms with E-state index >= 15 is 0 Å². The maximum absolute atomic E-state index is 4.55. The fraction of sp³-hybridized carbons (Fsp3) is 0.737. The molecule has 1 aliphatic carbocycles. The number of thiophene rings is 1. The van der Waals surface area contributed by atoms with Gasteiger partial charge in [0.2, 0.25) is 0 Å². The predicted octanol–water partition coefficient (Wildman–Crippen LogP) is 3.42. The molecule has 4 nitrogen and oxygen atoms in total. The third kappa shape index (κ3) is 4.50. The first-order valence-electron chi connectivity index (χ1n) is 9.56. The van der Waals surface area contributed by atoms with Crippen LogP contribution in [0.25, 0.3) is 0 Å². The van der Waals surface area contributed by atoms with Crippen LogP contribution >= 0.6 is 35.3 Å². The Morgan fingerprint density at radius 3 is 2.76 bits per heavy atom. The van der Waals surface area contributed by atoms with Crippen LogP contribution in [0, 0.1) is 11.8 Å². The fourth-order valence-electron chi connectivity index (χ4n) is 4.73. The number of rotatable bonds is 3. The van der Waals surface area contributed by atoms with Crippen LogP contribution in [-0.2, 0) is 13.0 Å². The van der Waals surface area contributed by atoms with Gasteiger partial charge in [0.25, 0.3) is 0 Å². The summed E-state index contributed by atoms with van der Waals surface area (Å²) in [6.45, 7) is 6.85. The van der Waals surface area contributed by atoms with Crippen LogP contribution in [0.15, 0.2) is 16.4 Å². The van der Waals surface area contributed by atoms with Crippen molar-refractivity contribution in [2.45, 2.75) is 38.6 Å². The number of likely N-dealkylation sites (tertiary alicyclic amines) is 1. The molecular weight excluding hydrogens is 443 g/mol. The SMILES string of the molecule is CN=C(NCCN1CCc2sccc2C1)N1CC2CCCCC2C1.I. The number of aliphatic imine (C=N–C) groups is 1. The number of halogens is 1. The highest BCUT2D eigenvalue weighted by atomic mass is 127. The van der Waals surface area contributed by atoms with E-state index in [0.29, 0.717) is 0 Å². The second-order valence-corrected chi connectivity index (χ2v) is 8.58. The lowest BCUT2D eigenvalue weighted by Crippen LogP contribution is -2.44. The Morgan fingerprint density at radius 1 is 1.28 bits per heavy atom. The average Bonchev–Trinajstić information content (AvgIpc) is 3.24. The summed E-state index contributed by atoms with van der Waals surface area (Å²) in [5.41, 5.74) is 1.54. The first-order chi connectivity index (χ1) is 11.8. The minimum absolute atomic E-state index is 0. The van der Waals surface area contributed by atoms with Crippen LogP contribution in [0.2, 0.25) is 0 Å². The third-order valence-corrected chi connectivity index (χ3v) is 7.11. The highest BCUT2D eigenvalue weighted by molar-refractivity contribution is 14.0. The number of fused-ring (bicyclic) bond motifs is 2. The van der Waals surface area contributed by atoms with Crippen LogP contribution < -0.4 is 5.32 Å². The Balaban J connectivity index is 0.00000182. The van der Waals surface area contributed by atoms with Crippen molar-refractivity contribution >= 4 is 41.3 Å². The van der Waals surface area contributed by atoms with E-state index in [9.17, 15) is 0 Å². The molecule has 4 rings (SSSR count). The molecule has 0 aromatic carbocycles. The van der Waals surface area contributed by atoms with Gasteiger partial charge in [-0.1, -0.05) is 12.8 Å². The lowest BCUT2D eigenvalue weighted by molar-refractivity contribution is 0.259. The molecule has 1 saturated carbocycles. The number of nitrogens with one attached hydrogen (secondary N) is 1. The monoisotopic (exact) mass is 474 g/mol. The molecule has 1 aromatic heterocycles. The van der Waals surface area contributed by atoms with Crippen LogP contribution in [0.1, 0.15) is 36.1 Å². The molecule has 2 fully saturated rings. The quantitative estimate of drug-likeness (QED) is 0.414. The summed E-state index contributed by atoms with van der Waals surface area (Å²) in [7, 11) is 1.93. The van der Waals surface area contributed by atoms with E-state index in [4.69, 9.17) is 0 Å². The largest absolute Gasteiger partial charge is 0.355 e. The summed E-state index contributed by atoms with van der Waals surface area (Å²) in [6.07, 6.45) is 6.93. The Labute approximate surface area is 173 Å². The maximum atomic E-state index is 4.55. The molecule has 25 heavy (non-hydrogen) atoms. The molecule has 6 heteroatoms. The molecule has 1 N–H and O–H groups in total. The minimum atomic E-state index is 0. The van der Waals surface area contributed by atoms with Gasteiger partial charge < -0.3 is 10.2 Å². The molecule has 3 heterocycles. The van der Waals surface area contributed by atoms with E-state index in [-0.39, 0.29) is 24.0 Å². The standard InChI is InChI=1S/C19H30N4S.HI/c1-20-19(23-13-15-4-2-3-5-16(15)14-23)21-8-10-22-9-6-18-17(12-22)7-11-24-18;/h7,11,15-16H,2-6,8-10,12-14H2,1H3,(H,20,21);1H. The summed E-state index contributed by atoms with van der Waals surface area (Å²) < 4.78 is 0. The molecule has 2 aliphatic heterocycles. The average molecular weight is 474 g/mol. The number of guanidine groups is 1. The van der Waals surface area contributed by atoms with E-state index in [1.165, 1.54) is 51.7 Å². The van der Waals surface area contributed by atoms with Gasteiger partial charge in [-0.15, -0.1) is 35.3 Å². The number of hydrogen-bond acceptors (Lipinski definition) is 3. The Hall–Kier alpha value is -0.340. The van der Waals surface area contributed by atoms with Crippen LogP contribution in [0.5, 0.6) is 0 Å². The van der Waals surface area contributed by atoms with Crippen LogP contribution in [-0.4, -0.2) is 55.5 Å². The van der Waals surface area contributed by atoms with Gasteiger partial charge in [-0.2, -0.15) is 0 Å². The van der Waals surface area contributed by atoms with Gasteiger partial charge >= 0.3 is 0 Å². The van der Waals surface area contributed by atoms with E-state index < -0.39 is 0 Å². The lowest BCUT2D eigenvalue weighted by Gasteiger charge is -2.28. The molecule has 3 aliphatic rings. The second kappa shape index (κ2) is 9.04. The maximum Gasteiger partial charge on any atom is 0.193 e. The lowest BCUT2D eigenvalue weighted by atomic mass is 9.82. The van der Waals surface area contributed by atoms with Crippen molar-refractivity contribution in [3.8, 4) is 0 Å². The number of nitrogens with zero attached hydrogens (tertiary/aromatic N) is 3. The zero-order valence-electron chi connectivity index (χ0n) is 15.2. The van der Waals surface area contributed by atoms with Crippen LogP contribution in [0.3, 0.4) is 0 Å². The molecule has 1 saturated heterocycles. The number of hydrogen-bond donors (Lipinski definition) is 1. The van der Waals surface area contributed by atoms with E-state index in [0.717, 1.165) is 37.4 Å². The zero-order valence-corrected chi connectivity index (χ0v) is 18.4. The van der Waals surface area contributed by atoms with Gasteiger partial charge in [0, 0.05) is 51.2 Å². The zero-order chi connectivity index (χ0) is 16.4. The first kappa shape index (κ1) is 19.4. The van der Waals surface area contributed by atoms with Crippen molar-refractivity contribution in [3.05, 3.63) is 21.9 Å². The van der Waals surface area contributed by atoms with E-state index in [2.05, 4.69) is 31.6 Å². The summed E-state index contributed by atoms with van der Waals surface area (Å²) in [5.74, 6) is 2.95.